The van der Waals surface area contributed by atoms with E-state index in [0.29, 0.717) is 12.1 Å². The number of carbonyl (C=O) groups is 1. The number of ketones is 1. The predicted molar refractivity (Wildman–Crippen MR) is 68.5 cm³/mol. The molecule has 0 aliphatic rings. The van der Waals surface area contributed by atoms with Crippen molar-refractivity contribution in [3.63, 3.8) is 0 Å². The Bertz CT molecular complexity index is 553. The number of hydrogen-bond donors (Lipinski definition) is 0. The molecule has 2 aromatic heterocycles. The molecule has 0 fully saturated rings. The Kier molecular flexibility index (Phi) is 3.60. The minimum atomic E-state index is 0.0762. The third-order valence-electron chi connectivity index (χ3n) is 3.02. The first-order valence-electron chi connectivity index (χ1n) is 6.20. The smallest absolute Gasteiger partial charge is 0.186 e. The molecule has 0 bridgehead atoms. The van der Waals surface area contributed by atoms with Crippen molar-refractivity contribution in [1.29, 1.82) is 0 Å². The number of imidazole rings is 1. The average Bonchev–Trinajstić information content (AvgIpc) is 2.95. The van der Waals surface area contributed by atoms with Gasteiger partial charge in [-0.05, 0) is 19.4 Å². The van der Waals surface area contributed by atoms with Crippen LogP contribution in [0.4, 0.5) is 0 Å². The lowest BCUT2D eigenvalue weighted by molar-refractivity contribution is 0.0982. The van der Waals surface area contributed by atoms with Gasteiger partial charge in [0.15, 0.2) is 5.78 Å². The minimum Gasteiger partial charge on any atom is -0.331 e. The molecular weight excluding hydrogens is 228 g/mol. The number of aromatic nitrogens is 4. The van der Waals surface area contributed by atoms with Gasteiger partial charge in [0.1, 0.15) is 5.69 Å². The molecule has 2 heterocycles. The van der Waals surface area contributed by atoms with E-state index in [1.54, 1.807) is 17.1 Å². The number of carbonyl (C=O) groups excluding carboxylic acids is 1. The van der Waals surface area contributed by atoms with Crippen LogP contribution in [0.2, 0.25) is 0 Å². The molecular formula is C13H18N4O. The lowest BCUT2D eigenvalue weighted by Crippen LogP contribution is -2.12. The highest BCUT2D eigenvalue weighted by atomic mass is 16.1. The highest BCUT2D eigenvalue weighted by Crippen LogP contribution is 2.10. The fourth-order valence-electron chi connectivity index (χ4n) is 1.98. The number of hydrogen-bond acceptors (Lipinski definition) is 3. The lowest BCUT2D eigenvalue weighted by atomic mass is 10.1. The quantitative estimate of drug-likeness (QED) is 0.753. The molecule has 5 heteroatoms. The van der Waals surface area contributed by atoms with Gasteiger partial charge in [-0.2, -0.15) is 5.10 Å². The molecule has 0 unspecified atom stereocenters. The maximum Gasteiger partial charge on any atom is 0.186 e. The first-order valence-corrected chi connectivity index (χ1v) is 6.20. The van der Waals surface area contributed by atoms with Crippen LogP contribution in [0, 0.1) is 0 Å². The molecule has 0 atom stereocenters. The summed E-state index contributed by atoms with van der Waals surface area (Å²) in [5.41, 5.74) is 2.64. The maximum atomic E-state index is 12.2. The second-order valence-corrected chi connectivity index (χ2v) is 4.29. The van der Waals surface area contributed by atoms with Crippen LogP contribution in [-0.4, -0.2) is 25.1 Å². The number of nitrogens with zero attached hydrogens (tertiary/aromatic N) is 4. The van der Waals surface area contributed by atoms with Crippen LogP contribution in [-0.2, 0) is 26.4 Å². The Labute approximate surface area is 106 Å². The van der Waals surface area contributed by atoms with Gasteiger partial charge in [0, 0.05) is 19.3 Å². The van der Waals surface area contributed by atoms with Gasteiger partial charge in [0.05, 0.1) is 24.6 Å². The number of Topliss-reactive ketones (excluding diaryl/α,β-unsaturated/α-hetero) is 1. The van der Waals surface area contributed by atoms with Crippen LogP contribution in [0.25, 0.3) is 0 Å². The first kappa shape index (κ1) is 12.5. The van der Waals surface area contributed by atoms with Crippen molar-refractivity contribution < 1.29 is 4.79 Å². The zero-order chi connectivity index (χ0) is 13.1. The fourth-order valence-corrected chi connectivity index (χ4v) is 1.98. The van der Waals surface area contributed by atoms with E-state index in [9.17, 15) is 4.79 Å². The van der Waals surface area contributed by atoms with Crippen LogP contribution in [0.5, 0.6) is 0 Å². The molecule has 2 aromatic rings. The summed E-state index contributed by atoms with van der Waals surface area (Å²) in [6.45, 7) is 4.88. The van der Waals surface area contributed by atoms with Crippen molar-refractivity contribution in [2.45, 2.75) is 33.2 Å². The summed E-state index contributed by atoms with van der Waals surface area (Å²) in [4.78, 5) is 16.1. The van der Waals surface area contributed by atoms with Crippen molar-refractivity contribution in [1.82, 2.24) is 19.3 Å². The highest BCUT2D eigenvalue weighted by Gasteiger charge is 2.14. The highest BCUT2D eigenvalue weighted by molar-refractivity contribution is 5.95. The molecule has 2 rings (SSSR count). The van der Waals surface area contributed by atoms with Crippen LogP contribution in [0.15, 0.2) is 18.6 Å². The monoisotopic (exact) mass is 246 g/mol. The molecule has 0 amide bonds. The Morgan fingerprint density at radius 1 is 1.39 bits per heavy atom. The van der Waals surface area contributed by atoms with Gasteiger partial charge >= 0.3 is 0 Å². The van der Waals surface area contributed by atoms with Crippen molar-refractivity contribution in [2.24, 2.45) is 7.05 Å². The molecule has 0 aliphatic heterocycles. The van der Waals surface area contributed by atoms with Gasteiger partial charge in [0.2, 0.25) is 0 Å². The summed E-state index contributed by atoms with van der Waals surface area (Å²) in [6, 6.07) is 2.01. The molecule has 0 aromatic carbocycles. The summed E-state index contributed by atoms with van der Waals surface area (Å²) in [6.07, 6.45) is 4.51. The van der Waals surface area contributed by atoms with Crippen molar-refractivity contribution in [2.75, 3.05) is 0 Å². The summed E-state index contributed by atoms with van der Waals surface area (Å²) >= 11 is 0. The lowest BCUT2D eigenvalue weighted by Gasteiger charge is -2.04. The molecule has 96 valence electrons. The molecule has 0 saturated carbocycles. The third kappa shape index (κ3) is 2.34. The van der Waals surface area contributed by atoms with E-state index in [0.717, 1.165) is 24.4 Å². The Morgan fingerprint density at radius 2 is 2.17 bits per heavy atom. The Morgan fingerprint density at radius 3 is 2.72 bits per heavy atom. The van der Waals surface area contributed by atoms with Crippen molar-refractivity contribution in [3.8, 4) is 0 Å². The largest absolute Gasteiger partial charge is 0.331 e. The van der Waals surface area contributed by atoms with Crippen molar-refractivity contribution >= 4 is 5.78 Å². The SMILES string of the molecule is CCc1cc(CC(=O)c2cncn2C)n(CC)n1. The zero-order valence-corrected chi connectivity index (χ0v) is 11.1. The van der Waals surface area contributed by atoms with E-state index in [4.69, 9.17) is 0 Å². The zero-order valence-electron chi connectivity index (χ0n) is 11.1. The number of rotatable bonds is 5. The summed E-state index contributed by atoms with van der Waals surface area (Å²) in [5.74, 6) is 0.0762. The van der Waals surface area contributed by atoms with E-state index < -0.39 is 0 Å². The molecule has 0 saturated heterocycles. The summed E-state index contributed by atoms with van der Waals surface area (Å²) < 4.78 is 3.64. The van der Waals surface area contributed by atoms with Crippen LogP contribution in [0.3, 0.4) is 0 Å². The third-order valence-corrected chi connectivity index (χ3v) is 3.02. The van der Waals surface area contributed by atoms with E-state index in [1.807, 2.05) is 24.7 Å². The minimum absolute atomic E-state index is 0.0762. The van der Waals surface area contributed by atoms with Gasteiger partial charge in [-0.25, -0.2) is 4.98 Å². The molecule has 5 nitrogen and oxygen atoms in total. The molecule has 18 heavy (non-hydrogen) atoms. The standard InChI is InChI=1S/C13H18N4O/c1-4-10-6-11(17(5-2)15-10)7-13(18)12-8-14-9-16(12)3/h6,8-9H,4-5,7H2,1-3H3. The van der Waals surface area contributed by atoms with Gasteiger partial charge in [-0.1, -0.05) is 6.92 Å². The van der Waals surface area contributed by atoms with Crippen LogP contribution < -0.4 is 0 Å². The first-order chi connectivity index (χ1) is 8.65. The van der Waals surface area contributed by atoms with E-state index in [2.05, 4.69) is 17.0 Å². The van der Waals surface area contributed by atoms with Crippen LogP contribution in [0.1, 0.15) is 35.7 Å². The van der Waals surface area contributed by atoms with Gasteiger partial charge < -0.3 is 4.57 Å². The van der Waals surface area contributed by atoms with E-state index in [1.165, 1.54) is 0 Å². The number of aryl methyl sites for hydroxylation is 3. The van der Waals surface area contributed by atoms with E-state index >= 15 is 0 Å². The second-order valence-electron chi connectivity index (χ2n) is 4.29. The average molecular weight is 246 g/mol. The van der Waals surface area contributed by atoms with Gasteiger partial charge in [-0.15, -0.1) is 0 Å². The maximum absolute atomic E-state index is 12.2. The van der Waals surface area contributed by atoms with Crippen molar-refractivity contribution in [3.05, 3.63) is 35.7 Å². The molecule has 0 N–H and O–H groups in total. The summed E-state index contributed by atoms with van der Waals surface area (Å²) in [5, 5.41) is 4.45. The predicted octanol–water partition coefficient (Wildman–Crippen LogP) is 1.62. The van der Waals surface area contributed by atoms with Gasteiger partial charge in [-0.3, -0.25) is 9.48 Å². The molecule has 0 spiro atoms. The topological polar surface area (TPSA) is 52.7 Å². The normalized spacial score (nSPS) is 10.8. The van der Waals surface area contributed by atoms with Crippen LogP contribution >= 0.6 is 0 Å². The fraction of sp³-hybridized carbons (Fsp3) is 0.462. The van der Waals surface area contributed by atoms with Gasteiger partial charge in [0.25, 0.3) is 0 Å². The second kappa shape index (κ2) is 5.16. The molecule has 0 aliphatic carbocycles. The molecule has 0 radical (unpaired) electrons. The van der Waals surface area contributed by atoms with E-state index in [-0.39, 0.29) is 5.78 Å². The Balaban J connectivity index is 2.21. The summed E-state index contributed by atoms with van der Waals surface area (Å²) in [7, 11) is 1.83. The Hall–Kier alpha value is -1.91.